The number of hydrogen-bond donors (Lipinski definition) is 0. The molecule has 0 unspecified atom stereocenters. The molecule has 0 spiro atoms. The lowest BCUT2D eigenvalue weighted by Gasteiger charge is -2.17. The summed E-state index contributed by atoms with van der Waals surface area (Å²) in [5.74, 6) is -0.929. The van der Waals surface area contributed by atoms with Crippen LogP contribution >= 0.6 is 0 Å². The highest BCUT2D eigenvalue weighted by Gasteiger charge is 2.34. The van der Waals surface area contributed by atoms with Gasteiger partial charge in [-0.1, -0.05) is 0 Å². The maximum absolute atomic E-state index is 13.1. The van der Waals surface area contributed by atoms with Gasteiger partial charge in [0.05, 0.1) is 29.8 Å². The SMILES string of the molecule is CN(C(=O)c1cnn(CC(F)(F)F)c1C(F)F)c1ccnnc1. The lowest BCUT2D eigenvalue weighted by Crippen LogP contribution is -2.28. The first-order chi connectivity index (χ1) is 10.7. The average molecular weight is 335 g/mol. The van der Waals surface area contributed by atoms with E-state index in [-0.39, 0.29) is 10.4 Å². The van der Waals surface area contributed by atoms with E-state index >= 15 is 0 Å². The highest BCUT2D eigenvalue weighted by Crippen LogP contribution is 2.27. The fourth-order valence-corrected chi connectivity index (χ4v) is 1.87. The van der Waals surface area contributed by atoms with Gasteiger partial charge in [-0.05, 0) is 6.07 Å². The molecule has 11 heteroatoms. The van der Waals surface area contributed by atoms with Crippen LogP contribution in [0.25, 0.3) is 0 Å². The topological polar surface area (TPSA) is 63.9 Å². The van der Waals surface area contributed by atoms with E-state index in [9.17, 15) is 26.7 Å². The van der Waals surface area contributed by atoms with E-state index in [4.69, 9.17) is 0 Å². The largest absolute Gasteiger partial charge is 0.408 e. The van der Waals surface area contributed by atoms with Crippen LogP contribution in [0, 0.1) is 0 Å². The van der Waals surface area contributed by atoms with Gasteiger partial charge in [-0.2, -0.15) is 28.5 Å². The zero-order chi connectivity index (χ0) is 17.2. The Morgan fingerprint density at radius 3 is 2.52 bits per heavy atom. The van der Waals surface area contributed by atoms with Crippen LogP contribution in [-0.4, -0.2) is 39.1 Å². The quantitative estimate of drug-likeness (QED) is 0.805. The van der Waals surface area contributed by atoms with Gasteiger partial charge in [0, 0.05) is 7.05 Å². The molecule has 2 aromatic rings. The van der Waals surface area contributed by atoms with Crippen LogP contribution < -0.4 is 4.90 Å². The molecule has 0 aliphatic carbocycles. The number of alkyl halides is 5. The van der Waals surface area contributed by atoms with E-state index in [1.165, 1.54) is 25.5 Å². The molecule has 2 aromatic heterocycles. The molecule has 6 nitrogen and oxygen atoms in total. The summed E-state index contributed by atoms with van der Waals surface area (Å²) in [7, 11) is 1.27. The second-order valence-corrected chi connectivity index (χ2v) is 4.48. The van der Waals surface area contributed by atoms with Crippen LogP contribution in [0.15, 0.2) is 24.7 Å². The third kappa shape index (κ3) is 3.79. The highest BCUT2D eigenvalue weighted by molar-refractivity contribution is 6.06. The number of carbonyl (C=O) groups excluding carboxylic acids is 1. The lowest BCUT2D eigenvalue weighted by molar-refractivity contribution is -0.143. The molecule has 0 aromatic carbocycles. The fraction of sp³-hybridized carbons (Fsp3) is 0.333. The maximum Gasteiger partial charge on any atom is 0.408 e. The Morgan fingerprint density at radius 2 is 2.00 bits per heavy atom. The second kappa shape index (κ2) is 6.26. The summed E-state index contributed by atoms with van der Waals surface area (Å²) in [5, 5.41) is 10.3. The van der Waals surface area contributed by atoms with Gasteiger partial charge in [0.1, 0.15) is 12.2 Å². The van der Waals surface area contributed by atoms with Crippen LogP contribution in [0.5, 0.6) is 0 Å². The molecule has 0 fully saturated rings. The molecule has 1 amide bonds. The van der Waals surface area contributed by atoms with Gasteiger partial charge in [-0.3, -0.25) is 9.48 Å². The number of hydrogen-bond acceptors (Lipinski definition) is 4. The van der Waals surface area contributed by atoms with E-state index in [1.54, 1.807) is 0 Å². The molecule has 0 saturated carbocycles. The Labute approximate surface area is 126 Å². The molecule has 0 atom stereocenters. The van der Waals surface area contributed by atoms with Crippen LogP contribution in [0.3, 0.4) is 0 Å². The zero-order valence-electron chi connectivity index (χ0n) is 11.6. The Morgan fingerprint density at radius 1 is 1.30 bits per heavy atom. The van der Waals surface area contributed by atoms with Crippen molar-refractivity contribution in [3.8, 4) is 0 Å². The van der Waals surface area contributed by atoms with Gasteiger partial charge < -0.3 is 4.90 Å². The van der Waals surface area contributed by atoms with Crippen LogP contribution in [-0.2, 0) is 6.54 Å². The number of anilines is 1. The minimum atomic E-state index is -4.74. The second-order valence-electron chi connectivity index (χ2n) is 4.48. The summed E-state index contributed by atoms with van der Waals surface area (Å²) in [6.07, 6.45) is -4.85. The number of halogens is 5. The molecule has 0 bridgehead atoms. The first-order valence-electron chi connectivity index (χ1n) is 6.16. The van der Waals surface area contributed by atoms with Crippen molar-refractivity contribution in [3.05, 3.63) is 35.9 Å². The Kier molecular flexibility index (Phi) is 4.57. The van der Waals surface area contributed by atoms with Crippen molar-refractivity contribution in [2.45, 2.75) is 19.1 Å². The van der Waals surface area contributed by atoms with Gasteiger partial charge in [-0.25, -0.2) is 8.78 Å². The molecular formula is C12H10F5N5O. The van der Waals surface area contributed by atoms with Gasteiger partial charge in [0.2, 0.25) is 0 Å². The smallest absolute Gasteiger partial charge is 0.310 e. The summed E-state index contributed by atoms with van der Waals surface area (Å²) in [5.41, 5.74) is -1.45. The summed E-state index contributed by atoms with van der Waals surface area (Å²) in [6, 6.07) is 1.40. The van der Waals surface area contributed by atoms with Gasteiger partial charge in [-0.15, -0.1) is 0 Å². The molecule has 0 aliphatic rings. The Bertz CT molecular complexity index is 685. The van der Waals surface area contributed by atoms with Crippen molar-refractivity contribution in [2.75, 3.05) is 11.9 Å². The normalized spacial score (nSPS) is 11.8. The first-order valence-corrected chi connectivity index (χ1v) is 6.16. The van der Waals surface area contributed by atoms with Crippen molar-refractivity contribution >= 4 is 11.6 Å². The number of nitrogens with zero attached hydrogens (tertiary/aromatic N) is 5. The van der Waals surface area contributed by atoms with E-state index in [2.05, 4.69) is 15.3 Å². The van der Waals surface area contributed by atoms with Gasteiger partial charge >= 0.3 is 6.18 Å². The first kappa shape index (κ1) is 16.8. The number of amides is 1. The third-order valence-electron chi connectivity index (χ3n) is 2.91. The number of carbonyl (C=O) groups is 1. The molecule has 2 rings (SSSR count). The average Bonchev–Trinajstić information content (AvgIpc) is 2.88. The van der Waals surface area contributed by atoms with Crippen molar-refractivity contribution in [1.29, 1.82) is 0 Å². The van der Waals surface area contributed by atoms with Crippen LogP contribution in [0.2, 0.25) is 0 Å². The van der Waals surface area contributed by atoms with Crippen LogP contribution in [0.4, 0.5) is 27.6 Å². The molecular weight excluding hydrogens is 325 g/mol. The summed E-state index contributed by atoms with van der Waals surface area (Å²) in [4.78, 5) is 13.2. The van der Waals surface area contributed by atoms with Gasteiger partial charge in [0.25, 0.3) is 12.3 Å². The third-order valence-corrected chi connectivity index (χ3v) is 2.91. The van der Waals surface area contributed by atoms with E-state index in [0.717, 1.165) is 4.90 Å². The molecule has 23 heavy (non-hydrogen) atoms. The fourth-order valence-electron chi connectivity index (χ4n) is 1.87. The monoisotopic (exact) mass is 335 g/mol. The molecule has 0 radical (unpaired) electrons. The highest BCUT2D eigenvalue weighted by atomic mass is 19.4. The molecule has 2 heterocycles. The van der Waals surface area contributed by atoms with E-state index < -0.39 is 36.3 Å². The van der Waals surface area contributed by atoms with Gasteiger partial charge in [0.15, 0.2) is 0 Å². The van der Waals surface area contributed by atoms with Crippen molar-refractivity contribution in [3.63, 3.8) is 0 Å². The summed E-state index contributed by atoms with van der Waals surface area (Å²) >= 11 is 0. The lowest BCUT2D eigenvalue weighted by atomic mass is 10.2. The van der Waals surface area contributed by atoms with Crippen molar-refractivity contribution in [1.82, 2.24) is 20.0 Å². The predicted octanol–water partition coefficient (Wildman–Crippen LogP) is 2.45. The van der Waals surface area contributed by atoms with E-state index in [0.29, 0.717) is 6.20 Å². The minimum absolute atomic E-state index is 0.0799. The van der Waals surface area contributed by atoms with Crippen molar-refractivity contribution < 1.29 is 26.7 Å². The summed E-state index contributed by atoms with van der Waals surface area (Å²) in [6.45, 7) is -1.71. The summed E-state index contributed by atoms with van der Waals surface area (Å²) < 4.78 is 63.5. The molecule has 124 valence electrons. The zero-order valence-corrected chi connectivity index (χ0v) is 11.6. The minimum Gasteiger partial charge on any atom is -0.310 e. The number of aromatic nitrogens is 4. The standard InChI is InChI=1S/C12H10F5N5O/c1-21(7-2-3-18-19-4-7)11(23)8-5-20-22(6-12(15,16)17)9(8)10(13)14/h2-5,10H,6H2,1H3. The maximum atomic E-state index is 13.1. The molecule has 0 aliphatic heterocycles. The Hall–Kier alpha value is -2.59. The molecule has 0 saturated heterocycles. The van der Waals surface area contributed by atoms with Crippen LogP contribution in [0.1, 0.15) is 22.5 Å². The van der Waals surface area contributed by atoms with Crippen molar-refractivity contribution in [2.24, 2.45) is 0 Å². The molecule has 0 N–H and O–H groups in total. The number of rotatable bonds is 4. The van der Waals surface area contributed by atoms with E-state index in [1.807, 2.05) is 0 Å². The predicted molar refractivity (Wildman–Crippen MR) is 68.0 cm³/mol. The Balaban J connectivity index is 2.37.